The van der Waals surface area contributed by atoms with E-state index in [2.05, 4.69) is 5.16 Å². The quantitative estimate of drug-likeness (QED) is 0.733. The van der Waals surface area contributed by atoms with Crippen molar-refractivity contribution in [3.05, 3.63) is 96.1 Å². The Kier molecular flexibility index (Phi) is 5.06. The van der Waals surface area contributed by atoms with Crippen molar-refractivity contribution in [1.29, 1.82) is 0 Å². The number of carbonyl (C=O) groups is 1. The second-order valence-corrected chi connectivity index (χ2v) is 6.60. The fourth-order valence-corrected chi connectivity index (χ4v) is 3.23. The van der Waals surface area contributed by atoms with Gasteiger partial charge in [0.25, 0.3) is 5.91 Å². The molecule has 140 valence electrons. The molecule has 1 aliphatic heterocycles. The summed E-state index contributed by atoms with van der Waals surface area (Å²) >= 11 is 0. The number of para-hydroxylation sites is 2. The number of benzene rings is 3. The molecule has 1 unspecified atom stereocenters. The van der Waals surface area contributed by atoms with Crippen molar-refractivity contribution in [2.24, 2.45) is 5.16 Å². The van der Waals surface area contributed by atoms with Crippen LogP contribution in [0.15, 0.2) is 90.1 Å². The summed E-state index contributed by atoms with van der Waals surface area (Å²) < 4.78 is 0. The van der Waals surface area contributed by atoms with Gasteiger partial charge in [0.2, 0.25) is 6.10 Å². The molecule has 0 fully saturated rings. The number of carbonyl (C=O) groups excluding carboxylic acids is 1. The van der Waals surface area contributed by atoms with Crippen molar-refractivity contribution in [2.45, 2.75) is 19.1 Å². The number of amides is 1. The number of hydrogen-bond acceptors (Lipinski definition) is 4. The topological polar surface area (TPSA) is 62.1 Å². The highest BCUT2D eigenvalue weighted by Crippen LogP contribution is 2.26. The van der Waals surface area contributed by atoms with Gasteiger partial charge in [-0.05, 0) is 29.8 Å². The molecule has 4 rings (SSSR count). The highest BCUT2D eigenvalue weighted by Gasteiger charge is 2.33. The minimum atomic E-state index is -0.724. The molecule has 1 aliphatic rings. The lowest BCUT2D eigenvalue weighted by atomic mass is 10.0. The minimum absolute atomic E-state index is 0.127. The Labute approximate surface area is 163 Å². The van der Waals surface area contributed by atoms with Crippen LogP contribution in [-0.4, -0.2) is 22.8 Å². The SMILES string of the molecule is O=C(C1CC(c2ccccc2O)=NO1)N(Cc1ccccc1)c1ccccc1. The maximum absolute atomic E-state index is 13.3. The first-order chi connectivity index (χ1) is 13.7. The average molecular weight is 372 g/mol. The number of nitrogens with zero attached hydrogens (tertiary/aromatic N) is 2. The predicted octanol–water partition coefficient (Wildman–Crippen LogP) is 4.12. The van der Waals surface area contributed by atoms with E-state index in [-0.39, 0.29) is 11.7 Å². The van der Waals surface area contributed by atoms with Crippen molar-refractivity contribution in [3.63, 3.8) is 0 Å². The van der Waals surface area contributed by atoms with Gasteiger partial charge in [-0.25, -0.2) is 0 Å². The fourth-order valence-electron chi connectivity index (χ4n) is 3.23. The zero-order valence-corrected chi connectivity index (χ0v) is 15.2. The van der Waals surface area contributed by atoms with Gasteiger partial charge in [0.1, 0.15) is 5.75 Å². The number of phenolic OH excluding ortho intramolecular Hbond substituents is 1. The summed E-state index contributed by atoms with van der Waals surface area (Å²) in [6.07, 6.45) is -0.410. The fraction of sp³-hybridized carbons (Fsp3) is 0.130. The number of aromatic hydroxyl groups is 1. The van der Waals surface area contributed by atoms with Crippen LogP contribution in [0.1, 0.15) is 17.5 Å². The molecule has 1 amide bonds. The van der Waals surface area contributed by atoms with Gasteiger partial charge in [0, 0.05) is 17.7 Å². The summed E-state index contributed by atoms with van der Waals surface area (Å²) in [5, 5.41) is 14.1. The Morgan fingerprint density at radius 1 is 0.964 bits per heavy atom. The Balaban J connectivity index is 1.56. The minimum Gasteiger partial charge on any atom is -0.507 e. The van der Waals surface area contributed by atoms with E-state index in [4.69, 9.17) is 4.84 Å². The van der Waals surface area contributed by atoms with E-state index in [9.17, 15) is 9.90 Å². The van der Waals surface area contributed by atoms with Crippen molar-refractivity contribution >= 4 is 17.3 Å². The van der Waals surface area contributed by atoms with E-state index in [1.807, 2.05) is 66.7 Å². The smallest absolute Gasteiger partial charge is 0.271 e. The van der Waals surface area contributed by atoms with E-state index in [0.29, 0.717) is 24.2 Å². The molecule has 5 heteroatoms. The van der Waals surface area contributed by atoms with E-state index in [1.165, 1.54) is 0 Å². The van der Waals surface area contributed by atoms with Crippen LogP contribution in [0.5, 0.6) is 5.75 Å². The van der Waals surface area contributed by atoms with Gasteiger partial charge < -0.3 is 14.8 Å². The average Bonchev–Trinajstić information content (AvgIpc) is 3.23. The maximum Gasteiger partial charge on any atom is 0.271 e. The summed E-state index contributed by atoms with van der Waals surface area (Å²) in [4.78, 5) is 20.5. The lowest BCUT2D eigenvalue weighted by molar-refractivity contribution is -0.128. The number of oxime groups is 1. The summed E-state index contributed by atoms with van der Waals surface area (Å²) in [5.74, 6) is -0.0358. The van der Waals surface area contributed by atoms with Gasteiger partial charge in [-0.1, -0.05) is 65.8 Å². The Bertz CT molecular complexity index is 987. The third kappa shape index (κ3) is 3.74. The van der Waals surface area contributed by atoms with Crippen molar-refractivity contribution in [3.8, 4) is 5.75 Å². The van der Waals surface area contributed by atoms with Crippen LogP contribution in [0.25, 0.3) is 0 Å². The molecule has 0 aromatic heterocycles. The second kappa shape index (κ2) is 7.96. The molecular weight excluding hydrogens is 352 g/mol. The third-order valence-electron chi connectivity index (χ3n) is 4.68. The van der Waals surface area contributed by atoms with E-state index in [0.717, 1.165) is 11.3 Å². The van der Waals surface area contributed by atoms with Crippen molar-refractivity contribution in [2.75, 3.05) is 4.90 Å². The first-order valence-electron chi connectivity index (χ1n) is 9.14. The lowest BCUT2D eigenvalue weighted by Gasteiger charge is -2.25. The zero-order chi connectivity index (χ0) is 19.3. The molecule has 3 aromatic rings. The standard InChI is InChI=1S/C23H20N2O3/c26-21-14-8-7-13-19(21)20-15-22(28-24-20)23(27)25(18-11-5-2-6-12-18)16-17-9-3-1-4-10-17/h1-14,22,26H,15-16H2. The van der Waals surface area contributed by atoms with Crippen molar-refractivity contribution in [1.82, 2.24) is 0 Å². The van der Waals surface area contributed by atoms with Gasteiger partial charge in [0.15, 0.2) is 0 Å². The van der Waals surface area contributed by atoms with Crippen LogP contribution >= 0.6 is 0 Å². The lowest BCUT2D eigenvalue weighted by Crippen LogP contribution is -2.39. The molecule has 0 radical (unpaired) electrons. The normalized spacial score (nSPS) is 15.6. The predicted molar refractivity (Wildman–Crippen MR) is 108 cm³/mol. The first kappa shape index (κ1) is 17.8. The molecule has 1 heterocycles. The van der Waals surface area contributed by atoms with Crippen LogP contribution in [0.3, 0.4) is 0 Å². The molecule has 0 spiro atoms. The molecule has 0 aliphatic carbocycles. The molecule has 28 heavy (non-hydrogen) atoms. The highest BCUT2D eigenvalue weighted by atomic mass is 16.6. The molecule has 0 saturated heterocycles. The van der Waals surface area contributed by atoms with Gasteiger partial charge in [-0.3, -0.25) is 4.79 Å². The Hall–Kier alpha value is -3.60. The summed E-state index contributed by atoms with van der Waals surface area (Å²) in [6.45, 7) is 0.440. The summed E-state index contributed by atoms with van der Waals surface area (Å²) in [6, 6.07) is 26.3. The van der Waals surface area contributed by atoms with Crippen molar-refractivity contribution < 1.29 is 14.7 Å². The van der Waals surface area contributed by atoms with Crippen LogP contribution in [-0.2, 0) is 16.2 Å². The highest BCUT2D eigenvalue weighted by molar-refractivity contribution is 6.08. The molecule has 0 bridgehead atoms. The van der Waals surface area contributed by atoms with E-state index in [1.54, 1.807) is 23.1 Å². The van der Waals surface area contributed by atoms with Gasteiger partial charge in [0.05, 0.1) is 12.3 Å². The molecule has 3 aromatic carbocycles. The van der Waals surface area contributed by atoms with Gasteiger partial charge >= 0.3 is 0 Å². The summed E-state index contributed by atoms with van der Waals surface area (Å²) in [5.41, 5.74) is 2.99. The Morgan fingerprint density at radius 3 is 2.32 bits per heavy atom. The van der Waals surface area contributed by atoms with Gasteiger partial charge in [-0.15, -0.1) is 0 Å². The number of anilines is 1. The van der Waals surface area contributed by atoms with Gasteiger partial charge in [-0.2, -0.15) is 0 Å². The monoisotopic (exact) mass is 372 g/mol. The number of rotatable bonds is 5. The van der Waals surface area contributed by atoms with Crippen LogP contribution in [0.2, 0.25) is 0 Å². The first-order valence-corrected chi connectivity index (χ1v) is 9.14. The number of hydrogen-bond donors (Lipinski definition) is 1. The van der Waals surface area contributed by atoms with Crippen LogP contribution in [0.4, 0.5) is 5.69 Å². The third-order valence-corrected chi connectivity index (χ3v) is 4.68. The number of phenols is 1. The summed E-state index contributed by atoms with van der Waals surface area (Å²) in [7, 11) is 0. The molecule has 1 atom stereocenters. The maximum atomic E-state index is 13.3. The molecule has 1 N–H and O–H groups in total. The zero-order valence-electron chi connectivity index (χ0n) is 15.2. The largest absolute Gasteiger partial charge is 0.507 e. The second-order valence-electron chi connectivity index (χ2n) is 6.60. The van der Waals surface area contributed by atoms with Crippen LogP contribution in [0, 0.1) is 0 Å². The Morgan fingerprint density at radius 2 is 1.61 bits per heavy atom. The van der Waals surface area contributed by atoms with E-state index >= 15 is 0 Å². The molecule has 0 saturated carbocycles. The van der Waals surface area contributed by atoms with E-state index < -0.39 is 6.10 Å². The molecular formula is C23H20N2O3. The van der Waals surface area contributed by atoms with Crippen LogP contribution < -0.4 is 4.90 Å². The molecule has 5 nitrogen and oxygen atoms in total.